The van der Waals surface area contributed by atoms with Crippen LogP contribution in [0.25, 0.3) is 5.69 Å². The van der Waals surface area contributed by atoms with Gasteiger partial charge in [0.1, 0.15) is 6.33 Å². The second kappa shape index (κ2) is 4.20. The molecule has 2 N–H and O–H groups in total. The van der Waals surface area contributed by atoms with Crippen LogP contribution < -0.4 is 11.4 Å². The molecule has 0 unspecified atom stereocenters. The van der Waals surface area contributed by atoms with Crippen LogP contribution in [0.1, 0.15) is 5.56 Å². The van der Waals surface area contributed by atoms with Gasteiger partial charge in [0, 0.05) is 3.57 Å². The van der Waals surface area contributed by atoms with Crippen LogP contribution in [0.3, 0.4) is 0 Å². The van der Waals surface area contributed by atoms with E-state index in [-0.39, 0.29) is 5.95 Å². The standard InChI is InChI=1S/C10H9IN4O/c1-6-3-2-4-7(11)8(6)15-5-13-9(12)14-10(15)16/h2-5H,1H3,(H2,12,14,16). The minimum Gasteiger partial charge on any atom is -0.368 e. The summed E-state index contributed by atoms with van der Waals surface area (Å²) < 4.78 is 2.36. The Bertz CT molecular complexity index is 573. The van der Waals surface area contributed by atoms with E-state index in [0.29, 0.717) is 0 Å². The normalized spacial score (nSPS) is 10.4. The molecule has 0 aliphatic rings. The Morgan fingerprint density at radius 2 is 2.19 bits per heavy atom. The molecular formula is C10H9IN4O. The number of benzene rings is 1. The van der Waals surface area contributed by atoms with E-state index >= 15 is 0 Å². The second-order valence-corrected chi connectivity index (χ2v) is 4.43. The summed E-state index contributed by atoms with van der Waals surface area (Å²) in [5.41, 5.74) is 6.71. The number of aryl methyl sites for hydroxylation is 1. The van der Waals surface area contributed by atoms with Gasteiger partial charge in [-0.3, -0.25) is 0 Å². The molecule has 0 aliphatic heterocycles. The highest BCUT2D eigenvalue weighted by molar-refractivity contribution is 14.1. The van der Waals surface area contributed by atoms with Crippen LogP contribution in [0.2, 0.25) is 0 Å². The summed E-state index contributed by atoms with van der Waals surface area (Å²) in [5.74, 6) is -0.00941. The Labute approximate surface area is 105 Å². The zero-order valence-corrected chi connectivity index (χ0v) is 10.7. The van der Waals surface area contributed by atoms with Crippen molar-refractivity contribution in [2.24, 2.45) is 0 Å². The van der Waals surface area contributed by atoms with E-state index < -0.39 is 5.69 Å². The molecule has 0 atom stereocenters. The molecule has 1 aromatic heterocycles. The van der Waals surface area contributed by atoms with Gasteiger partial charge < -0.3 is 5.73 Å². The van der Waals surface area contributed by atoms with E-state index in [0.717, 1.165) is 14.8 Å². The molecule has 0 fully saturated rings. The maximum absolute atomic E-state index is 11.7. The lowest BCUT2D eigenvalue weighted by Gasteiger charge is -2.09. The average Bonchev–Trinajstić information content (AvgIpc) is 2.20. The van der Waals surface area contributed by atoms with Gasteiger partial charge in [-0.25, -0.2) is 14.3 Å². The number of nitrogens with zero attached hydrogens (tertiary/aromatic N) is 3. The first-order valence-corrected chi connectivity index (χ1v) is 5.64. The lowest BCUT2D eigenvalue weighted by Crippen LogP contribution is -2.24. The first-order valence-electron chi connectivity index (χ1n) is 4.56. The van der Waals surface area contributed by atoms with Crippen molar-refractivity contribution in [1.82, 2.24) is 14.5 Å². The maximum atomic E-state index is 11.7. The minimum atomic E-state index is -0.417. The third-order valence-corrected chi connectivity index (χ3v) is 3.02. The highest BCUT2D eigenvalue weighted by Crippen LogP contribution is 2.19. The third kappa shape index (κ3) is 1.92. The van der Waals surface area contributed by atoms with Gasteiger partial charge in [0.2, 0.25) is 5.95 Å². The highest BCUT2D eigenvalue weighted by atomic mass is 127. The minimum absolute atomic E-state index is 0.00941. The molecule has 0 saturated carbocycles. The lowest BCUT2D eigenvalue weighted by molar-refractivity contribution is 0.858. The van der Waals surface area contributed by atoms with Gasteiger partial charge in [0.25, 0.3) is 0 Å². The van der Waals surface area contributed by atoms with E-state index in [2.05, 4.69) is 32.6 Å². The average molecular weight is 328 g/mol. The third-order valence-electron chi connectivity index (χ3n) is 2.15. The summed E-state index contributed by atoms with van der Waals surface area (Å²) in [7, 11) is 0. The van der Waals surface area contributed by atoms with Gasteiger partial charge in [-0.2, -0.15) is 4.98 Å². The molecule has 1 heterocycles. The van der Waals surface area contributed by atoms with Gasteiger partial charge in [0.15, 0.2) is 0 Å². The van der Waals surface area contributed by atoms with Crippen molar-refractivity contribution in [1.29, 1.82) is 0 Å². The fourth-order valence-corrected chi connectivity index (χ4v) is 2.32. The molecule has 16 heavy (non-hydrogen) atoms. The van der Waals surface area contributed by atoms with E-state index in [9.17, 15) is 4.79 Å². The number of anilines is 1. The van der Waals surface area contributed by atoms with Crippen LogP contribution in [0.5, 0.6) is 0 Å². The maximum Gasteiger partial charge on any atom is 0.356 e. The van der Waals surface area contributed by atoms with Crippen molar-refractivity contribution in [3.8, 4) is 5.69 Å². The zero-order chi connectivity index (χ0) is 11.7. The molecule has 1 aromatic carbocycles. The van der Waals surface area contributed by atoms with Gasteiger partial charge in [-0.15, -0.1) is 0 Å². The molecule has 5 nitrogen and oxygen atoms in total. The van der Waals surface area contributed by atoms with Gasteiger partial charge in [-0.05, 0) is 41.1 Å². The Balaban J connectivity index is 2.73. The number of aromatic nitrogens is 3. The predicted octanol–water partition coefficient (Wildman–Crippen LogP) is 1.12. The van der Waals surface area contributed by atoms with Crippen LogP contribution in [0, 0.1) is 10.5 Å². The molecule has 0 spiro atoms. The number of para-hydroxylation sites is 1. The Morgan fingerprint density at radius 1 is 1.44 bits per heavy atom. The van der Waals surface area contributed by atoms with E-state index in [4.69, 9.17) is 5.73 Å². The predicted molar refractivity (Wildman–Crippen MR) is 69.5 cm³/mol. The Kier molecular flexibility index (Phi) is 2.90. The van der Waals surface area contributed by atoms with E-state index in [1.165, 1.54) is 10.9 Å². The van der Waals surface area contributed by atoms with Gasteiger partial charge in [0.05, 0.1) is 5.69 Å². The quantitative estimate of drug-likeness (QED) is 0.797. The molecule has 2 aromatic rings. The number of nitrogen functional groups attached to an aromatic ring is 1. The van der Waals surface area contributed by atoms with Crippen LogP contribution in [0.4, 0.5) is 5.95 Å². The van der Waals surface area contributed by atoms with Crippen molar-refractivity contribution in [2.75, 3.05) is 5.73 Å². The summed E-state index contributed by atoms with van der Waals surface area (Å²) in [6, 6.07) is 5.79. The van der Waals surface area contributed by atoms with Crippen LogP contribution in [0.15, 0.2) is 29.3 Å². The molecule has 82 valence electrons. The topological polar surface area (TPSA) is 73.8 Å². The van der Waals surface area contributed by atoms with Gasteiger partial charge >= 0.3 is 5.69 Å². The molecule has 0 bridgehead atoms. The summed E-state index contributed by atoms with van der Waals surface area (Å²) in [4.78, 5) is 19.1. The Morgan fingerprint density at radius 3 is 2.81 bits per heavy atom. The number of hydrogen-bond donors (Lipinski definition) is 1. The highest BCUT2D eigenvalue weighted by Gasteiger charge is 2.08. The summed E-state index contributed by atoms with van der Waals surface area (Å²) >= 11 is 2.17. The molecule has 0 saturated heterocycles. The molecular weight excluding hydrogens is 319 g/mol. The van der Waals surface area contributed by atoms with Crippen molar-refractivity contribution >= 4 is 28.5 Å². The lowest BCUT2D eigenvalue weighted by atomic mass is 10.2. The molecule has 0 radical (unpaired) electrons. The first-order chi connectivity index (χ1) is 7.59. The van der Waals surface area contributed by atoms with E-state index in [1.807, 2.05) is 25.1 Å². The van der Waals surface area contributed by atoms with Crippen molar-refractivity contribution in [3.05, 3.63) is 44.1 Å². The van der Waals surface area contributed by atoms with Crippen LogP contribution >= 0.6 is 22.6 Å². The first kappa shape index (κ1) is 11.1. The van der Waals surface area contributed by atoms with Crippen molar-refractivity contribution < 1.29 is 0 Å². The number of rotatable bonds is 1. The monoisotopic (exact) mass is 328 g/mol. The van der Waals surface area contributed by atoms with Crippen molar-refractivity contribution in [3.63, 3.8) is 0 Å². The fraction of sp³-hybridized carbons (Fsp3) is 0.100. The SMILES string of the molecule is Cc1cccc(I)c1-n1cnc(N)nc1=O. The molecule has 6 heteroatoms. The summed E-state index contributed by atoms with van der Waals surface area (Å²) in [6.45, 7) is 1.93. The van der Waals surface area contributed by atoms with Gasteiger partial charge in [-0.1, -0.05) is 12.1 Å². The summed E-state index contributed by atoms with van der Waals surface area (Å²) in [6.07, 6.45) is 1.40. The molecule has 2 rings (SSSR count). The van der Waals surface area contributed by atoms with Crippen LogP contribution in [-0.2, 0) is 0 Å². The zero-order valence-electron chi connectivity index (χ0n) is 8.51. The number of halogens is 1. The van der Waals surface area contributed by atoms with Crippen molar-refractivity contribution in [2.45, 2.75) is 6.92 Å². The number of hydrogen-bond acceptors (Lipinski definition) is 4. The fourth-order valence-electron chi connectivity index (χ4n) is 1.43. The van der Waals surface area contributed by atoms with E-state index in [1.54, 1.807) is 0 Å². The van der Waals surface area contributed by atoms with Crippen LogP contribution in [-0.4, -0.2) is 14.5 Å². The summed E-state index contributed by atoms with van der Waals surface area (Å²) in [5, 5.41) is 0. The second-order valence-electron chi connectivity index (χ2n) is 3.27. The number of nitrogens with two attached hydrogens (primary N) is 1. The molecule has 0 amide bonds. The largest absolute Gasteiger partial charge is 0.368 e. The molecule has 0 aliphatic carbocycles. The Hall–Kier alpha value is -1.44. The smallest absolute Gasteiger partial charge is 0.356 e.